The Morgan fingerprint density at radius 1 is 1.75 bits per heavy atom. The Bertz CT molecular complexity index is 343. The van der Waals surface area contributed by atoms with E-state index in [0.29, 0.717) is 13.2 Å². The number of aliphatic imine (C=N–C) groups is 1. The fourth-order valence-corrected chi connectivity index (χ4v) is 1.37. The van der Waals surface area contributed by atoms with Crippen molar-refractivity contribution in [2.75, 3.05) is 13.2 Å². The van der Waals surface area contributed by atoms with E-state index in [9.17, 15) is 0 Å². The first-order valence-electron chi connectivity index (χ1n) is 5.22. The molecule has 4 heteroatoms. The second-order valence-corrected chi connectivity index (χ2v) is 3.48. The Balaban J connectivity index is 2.47. The van der Waals surface area contributed by atoms with Crippen LogP contribution in [0.2, 0.25) is 0 Å². The van der Waals surface area contributed by atoms with E-state index in [0.717, 1.165) is 11.3 Å². The van der Waals surface area contributed by atoms with Crippen molar-refractivity contribution in [1.82, 2.24) is 0 Å². The highest BCUT2D eigenvalue weighted by Crippen LogP contribution is 2.11. The highest BCUT2D eigenvalue weighted by molar-refractivity contribution is 5.72. The third-order valence-electron chi connectivity index (χ3n) is 2.15. The largest absolute Gasteiger partial charge is 0.489 e. The number of hydrogen-bond donors (Lipinski definition) is 1. The molecule has 0 bridgehead atoms. The van der Waals surface area contributed by atoms with E-state index in [2.05, 4.69) is 11.6 Å². The van der Waals surface area contributed by atoms with Crippen LogP contribution in [0.1, 0.15) is 13.8 Å². The standard InChI is InChI=1S/C12H18N2O2/c1-4-6-9(3)11(5-2)15-8-10-7-14-12(13)16-10/h4-6,10H,2,7-8H2,1,3H3,(H2,13,14)/b6-4-,11-9+. The van der Waals surface area contributed by atoms with Crippen LogP contribution >= 0.6 is 0 Å². The average molecular weight is 222 g/mol. The Kier molecular flexibility index (Phi) is 4.64. The predicted molar refractivity (Wildman–Crippen MR) is 65.0 cm³/mol. The summed E-state index contributed by atoms with van der Waals surface area (Å²) in [6.07, 6.45) is 5.52. The first kappa shape index (κ1) is 12.4. The summed E-state index contributed by atoms with van der Waals surface area (Å²) in [6, 6.07) is 0.239. The van der Waals surface area contributed by atoms with Crippen LogP contribution in [0.25, 0.3) is 0 Å². The SMILES string of the molecule is C=C/C(OCC1CN=C(N)O1)=C(C)\C=C/C. The highest BCUT2D eigenvalue weighted by Gasteiger charge is 2.18. The molecule has 0 saturated carbocycles. The van der Waals surface area contributed by atoms with Crippen LogP contribution in [0.4, 0.5) is 0 Å². The number of amidine groups is 1. The molecule has 0 aromatic carbocycles. The molecule has 0 fully saturated rings. The number of nitrogens with zero attached hydrogens (tertiary/aromatic N) is 1. The van der Waals surface area contributed by atoms with E-state index < -0.39 is 0 Å². The van der Waals surface area contributed by atoms with Crippen molar-refractivity contribution >= 4 is 6.02 Å². The van der Waals surface area contributed by atoms with Crippen LogP contribution in [-0.4, -0.2) is 25.3 Å². The lowest BCUT2D eigenvalue weighted by Gasteiger charge is -2.13. The molecule has 88 valence electrons. The molecule has 4 nitrogen and oxygen atoms in total. The molecule has 1 unspecified atom stereocenters. The van der Waals surface area contributed by atoms with Gasteiger partial charge in [0.2, 0.25) is 0 Å². The van der Waals surface area contributed by atoms with Crippen molar-refractivity contribution in [3.05, 3.63) is 36.1 Å². The zero-order valence-electron chi connectivity index (χ0n) is 9.77. The van der Waals surface area contributed by atoms with Crippen LogP contribution in [0.15, 0.2) is 41.1 Å². The molecular formula is C12H18N2O2. The molecule has 0 radical (unpaired) electrons. The van der Waals surface area contributed by atoms with Crippen molar-refractivity contribution in [1.29, 1.82) is 0 Å². The summed E-state index contributed by atoms with van der Waals surface area (Å²) in [6.45, 7) is 8.63. The average Bonchev–Trinajstić information content (AvgIpc) is 2.65. The van der Waals surface area contributed by atoms with E-state index in [1.807, 2.05) is 26.0 Å². The summed E-state index contributed by atoms with van der Waals surface area (Å²) in [5.74, 6) is 0.757. The summed E-state index contributed by atoms with van der Waals surface area (Å²) in [4.78, 5) is 3.94. The van der Waals surface area contributed by atoms with E-state index in [1.165, 1.54) is 0 Å². The maximum Gasteiger partial charge on any atom is 0.282 e. The van der Waals surface area contributed by atoms with Crippen LogP contribution < -0.4 is 5.73 Å². The first-order valence-corrected chi connectivity index (χ1v) is 5.22. The number of ether oxygens (including phenoxy) is 2. The Morgan fingerprint density at radius 3 is 3.00 bits per heavy atom. The number of allylic oxidation sites excluding steroid dienone is 4. The predicted octanol–water partition coefficient (Wildman–Crippen LogP) is 1.75. The highest BCUT2D eigenvalue weighted by atomic mass is 16.6. The zero-order chi connectivity index (χ0) is 12.0. The lowest BCUT2D eigenvalue weighted by Crippen LogP contribution is -2.22. The van der Waals surface area contributed by atoms with Crippen molar-refractivity contribution in [3.63, 3.8) is 0 Å². The topological polar surface area (TPSA) is 56.8 Å². The molecule has 0 amide bonds. The lowest BCUT2D eigenvalue weighted by molar-refractivity contribution is 0.103. The Morgan fingerprint density at radius 2 is 2.50 bits per heavy atom. The maximum atomic E-state index is 5.59. The van der Waals surface area contributed by atoms with Gasteiger partial charge in [-0.3, -0.25) is 0 Å². The number of hydrogen-bond acceptors (Lipinski definition) is 4. The van der Waals surface area contributed by atoms with Crippen molar-refractivity contribution in [3.8, 4) is 0 Å². The van der Waals surface area contributed by atoms with Gasteiger partial charge >= 0.3 is 0 Å². The molecule has 1 aliphatic rings. The number of rotatable bonds is 5. The quantitative estimate of drug-likeness (QED) is 0.569. The van der Waals surface area contributed by atoms with Gasteiger partial charge in [0, 0.05) is 0 Å². The van der Waals surface area contributed by atoms with Gasteiger partial charge in [0.1, 0.15) is 12.4 Å². The molecule has 1 heterocycles. The van der Waals surface area contributed by atoms with Crippen molar-refractivity contribution in [2.45, 2.75) is 20.0 Å². The zero-order valence-corrected chi connectivity index (χ0v) is 9.77. The second-order valence-electron chi connectivity index (χ2n) is 3.48. The van der Waals surface area contributed by atoms with E-state index in [1.54, 1.807) is 6.08 Å². The Labute approximate surface area is 96.1 Å². The summed E-state index contributed by atoms with van der Waals surface area (Å²) < 4.78 is 10.8. The molecule has 2 N–H and O–H groups in total. The molecule has 0 aromatic rings. The fourth-order valence-electron chi connectivity index (χ4n) is 1.37. The minimum atomic E-state index is -0.0895. The van der Waals surface area contributed by atoms with Gasteiger partial charge < -0.3 is 15.2 Å². The van der Waals surface area contributed by atoms with Gasteiger partial charge in [-0.15, -0.1) is 0 Å². The van der Waals surface area contributed by atoms with Gasteiger partial charge in [-0.2, -0.15) is 0 Å². The van der Waals surface area contributed by atoms with Gasteiger partial charge in [0.05, 0.1) is 6.54 Å². The van der Waals surface area contributed by atoms with Gasteiger partial charge in [0.15, 0.2) is 6.10 Å². The normalized spacial score (nSPS) is 21.4. The molecule has 0 saturated heterocycles. The molecule has 16 heavy (non-hydrogen) atoms. The van der Waals surface area contributed by atoms with Gasteiger partial charge in [-0.05, 0) is 25.5 Å². The lowest BCUT2D eigenvalue weighted by atomic mass is 10.2. The fraction of sp³-hybridized carbons (Fsp3) is 0.417. The van der Waals surface area contributed by atoms with Crippen LogP contribution in [0, 0.1) is 0 Å². The van der Waals surface area contributed by atoms with Gasteiger partial charge in [0.25, 0.3) is 6.02 Å². The van der Waals surface area contributed by atoms with Crippen LogP contribution in [-0.2, 0) is 9.47 Å². The minimum absolute atomic E-state index is 0.0895. The molecule has 1 rings (SSSR count). The van der Waals surface area contributed by atoms with E-state index in [-0.39, 0.29) is 12.1 Å². The third kappa shape index (κ3) is 3.46. The third-order valence-corrected chi connectivity index (χ3v) is 2.15. The summed E-state index contributed by atoms with van der Waals surface area (Å²) in [5, 5.41) is 0. The Hall–Kier alpha value is -1.71. The monoisotopic (exact) mass is 222 g/mol. The van der Waals surface area contributed by atoms with E-state index >= 15 is 0 Å². The van der Waals surface area contributed by atoms with Gasteiger partial charge in [-0.25, -0.2) is 4.99 Å². The molecule has 0 spiro atoms. The molecule has 0 aliphatic carbocycles. The second kappa shape index (κ2) is 6.00. The molecule has 1 atom stereocenters. The summed E-state index contributed by atoms with van der Waals surface area (Å²) >= 11 is 0. The smallest absolute Gasteiger partial charge is 0.282 e. The van der Waals surface area contributed by atoms with Crippen LogP contribution in [0.5, 0.6) is 0 Å². The number of nitrogens with two attached hydrogens (primary N) is 1. The first-order chi connectivity index (χ1) is 7.67. The van der Waals surface area contributed by atoms with Crippen LogP contribution in [0.3, 0.4) is 0 Å². The molecule has 1 aliphatic heterocycles. The minimum Gasteiger partial charge on any atom is -0.489 e. The summed E-state index contributed by atoms with van der Waals surface area (Å²) in [5.41, 5.74) is 6.43. The molecule has 0 aromatic heterocycles. The van der Waals surface area contributed by atoms with Crippen molar-refractivity contribution in [2.24, 2.45) is 10.7 Å². The van der Waals surface area contributed by atoms with Gasteiger partial charge in [-0.1, -0.05) is 18.7 Å². The van der Waals surface area contributed by atoms with E-state index in [4.69, 9.17) is 15.2 Å². The summed E-state index contributed by atoms with van der Waals surface area (Å²) in [7, 11) is 0. The molecular weight excluding hydrogens is 204 g/mol. The maximum absolute atomic E-state index is 5.59. The van der Waals surface area contributed by atoms with Crippen molar-refractivity contribution < 1.29 is 9.47 Å².